The van der Waals surface area contributed by atoms with Gasteiger partial charge in [0.15, 0.2) is 0 Å². The van der Waals surface area contributed by atoms with E-state index in [0.29, 0.717) is 35.2 Å². The Kier molecular flexibility index (Phi) is 6.32. The number of halogens is 1. The number of hydrogen-bond acceptors (Lipinski definition) is 3. The van der Waals surface area contributed by atoms with E-state index in [1.165, 1.54) is 11.8 Å². The SMILES string of the molecule is CC(=O)N(Cc1ccccc1Oc1ccc(Cl)cc1)C1Cc2ccccc2N(C(=O)O)C1. The lowest BCUT2D eigenvalue weighted by molar-refractivity contribution is -0.131. The molecule has 3 aromatic carbocycles. The van der Waals surface area contributed by atoms with Crippen molar-refractivity contribution in [1.29, 1.82) is 0 Å². The molecule has 2 amide bonds. The van der Waals surface area contributed by atoms with Crippen LogP contribution in [0, 0.1) is 0 Å². The van der Waals surface area contributed by atoms with E-state index in [-0.39, 0.29) is 18.5 Å². The summed E-state index contributed by atoms with van der Waals surface area (Å²) in [4.78, 5) is 27.6. The first-order chi connectivity index (χ1) is 15.4. The van der Waals surface area contributed by atoms with Crippen LogP contribution in [-0.4, -0.2) is 34.6 Å². The first-order valence-corrected chi connectivity index (χ1v) is 10.7. The van der Waals surface area contributed by atoms with Crippen LogP contribution in [0.2, 0.25) is 5.02 Å². The van der Waals surface area contributed by atoms with E-state index >= 15 is 0 Å². The summed E-state index contributed by atoms with van der Waals surface area (Å²) in [6.07, 6.45) is -0.447. The Morgan fingerprint density at radius 2 is 1.75 bits per heavy atom. The highest BCUT2D eigenvalue weighted by atomic mass is 35.5. The fraction of sp³-hybridized carbons (Fsp3) is 0.200. The van der Waals surface area contributed by atoms with Crippen molar-refractivity contribution in [3.05, 3.63) is 88.9 Å². The second-order valence-electron chi connectivity index (χ2n) is 7.69. The Morgan fingerprint density at radius 3 is 2.47 bits per heavy atom. The Balaban J connectivity index is 1.61. The molecule has 164 valence electrons. The Labute approximate surface area is 191 Å². The summed E-state index contributed by atoms with van der Waals surface area (Å²) in [5.74, 6) is 1.15. The summed E-state index contributed by atoms with van der Waals surface area (Å²) in [6, 6.07) is 21.7. The van der Waals surface area contributed by atoms with Crippen molar-refractivity contribution < 1.29 is 19.4 Å². The minimum atomic E-state index is -1.03. The Hall–Kier alpha value is -3.51. The number of carboxylic acid groups (broad SMARTS) is 1. The molecule has 4 rings (SSSR count). The number of para-hydroxylation sites is 2. The van der Waals surface area contributed by atoms with Crippen molar-refractivity contribution >= 4 is 29.3 Å². The first kappa shape index (κ1) is 21.7. The van der Waals surface area contributed by atoms with Gasteiger partial charge in [-0.1, -0.05) is 48.0 Å². The van der Waals surface area contributed by atoms with Crippen LogP contribution in [0.25, 0.3) is 0 Å². The number of carbonyl (C=O) groups excluding carboxylic acids is 1. The molecule has 0 aromatic heterocycles. The monoisotopic (exact) mass is 450 g/mol. The summed E-state index contributed by atoms with van der Waals surface area (Å²) in [7, 11) is 0. The number of anilines is 1. The van der Waals surface area contributed by atoms with Gasteiger partial charge in [0, 0.05) is 24.1 Å². The van der Waals surface area contributed by atoms with E-state index in [0.717, 1.165) is 11.1 Å². The van der Waals surface area contributed by atoms with Crippen LogP contribution in [0.15, 0.2) is 72.8 Å². The van der Waals surface area contributed by atoms with Crippen LogP contribution in [0.5, 0.6) is 11.5 Å². The smallest absolute Gasteiger partial charge is 0.411 e. The normalized spacial score (nSPS) is 15.1. The van der Waals surface area contributed by atoms with Gasteiger partial charge in [0.1, 0.15) is 11.5 Å². The van der Waals surface area contributed by atoms with Gasteiger partial charge in [0.05, 0.1) is 18.3 Å². The lowest BCUT2D eigenvalue weighted by Gasteiger charge is -2.39. The highest BCUT2D eigenvalue weighted by Gasteiger charge is 2.33. The van der Waals surface area contributed by atoms with Crippen molar-refractivity contribution in [2.45, 2.75) is 25.9 Å². The molecule has 0 saturated carbocycles. The third-order valence-corrected chi connectivity index (χ3v) is 5.81. The number of fused-ring (bicyclic) bond motifs is 1. The van der Waals surface area contributed by atoms with E-state index in [2.05, 4.69) is 0 Å². The van der Waals surface area contributed by atoms with Gasteiger partial charge in [-0.25, -0.2) is 4.79 Å². The van der Waals surface area contributed by atoms with Gasteiger partial charge >= 0.3 is 6.09 Å². The second kappa shape index (κ2) is 9.32. The second-order valence-corrected chi connectivity index (χ2v) is 8.13. The number of carbonyl (C=O) groups is 2. The lowest BCUT2D eigenvalue weighted by atomic mass is 9.96. The average Bonchev–Trinajstić information content (AvgIpc) is 2.79. The highest BCUT2D eigenvalue weighted by Crippen LogP contribution is 2.32. The molecule has 0 fully saturated rings. The van der Waals surface area contributed by atoms with Gasteiger partial charge in [-0.15, -0.1) is 0 Å². The fourth-order valence-corrected chi connectivity index (χ4v) is 4.13. The standard InChI is InChI=1S/C25H23ClN2O4/c1-17(29)27(21-14-18-6-2-4-8-23(18)28(16-21)25(30)31)15-19-7-3-5-9-24(19)32-22-12-10-20(26)11-13-22/h2-13,21H,14-16H2,1H3,(H,30,31). The summed E-state index contributed by atoms with van der Waals surface area (Å²) in [5.41, 5.74) is 2.41. The van der Waals surface area contributed by atoms with E-state index in [9.17, 15) is 14.7 Å². The Bertz CT molecular complexity index is 1130. The minimum absolute atomic E-state index is 0.124. The molecule has 0 radical (unpaired) electrons. The van der Waals surface area contributed by atoms with E-state index in [1.54, 1.807) is 35.2 Å². The summed E-state index contributed by atoms with van der Waals surface area (Å²) in [5, 5.41) is 10.4. The maximum absolute atomic E-state index is 12.6. The zero-order valence-electron chi connectivity index (χ0n) is 17.6. The molecule has 6 nitrogen and oxygen atoms in total. The molecule has 32 heavy (non-hydrogen) atoms. The van der Waals surface area contributed by atoms with E-state index in [4.69, 9.17) is 16.3 Å². The predicted molar refractivity (Wildman–Crippen MR) is 123 cm³/mol. The van der Waals surface area contributed by atoms with Crippen LogP contribution in [0.1, 0.15) is 18.1 Å². The molecular formula is C25H23ClN2O4. The van der Waals surface area contributed by atoms with Crippen molar-refractivity contribution in [2.24, 2.45) is 0 Å². The number of benzene rings is 3. The first-order valence-electron chi connectivity index (χ1n) is 10.3. The van der Waals surface area contributed by atoms with Crippen LogP contribution in [-0.2, 0) is 17.8 Å². The van der Waals surface area contributed by atoms with Gasteiger partial charge in [-0.3, -0.25) is 9.69 Å². The molecule has 1 aliphatic heterocycles. The van der Waals surface area contributed by atoms with Crippen LogP contribution >= 0.6 is 11.6 Å². The molecule has 7 heteroatoms. The average molecular weight is 451 g/mol. The molecular weight excluding hydrogens is 428 g/mol. The largest absolute Gasteiger partial charge is 0.465 e. The van der Waals surface area contributed by atoms with Crippen molar-refractivity contribution in [1.82, 2.24) is 4.90 Å². The van der Waals surface area contributed by atoms with Crippen molar-refractivity contribution in [3.8, 4) is 11.5 Å². The summed E-state index contributed by atoms with van der Waals surface area (Å²) < 4.78 is 6.05. The quantitative estimate of drug-likeness (QED) is 0.550. The number of ether oxygens (including phenoxy) is 1. The molecule has 3 aromatic rings. The number of hydrogen-bond donors (Lipinski definition) is 1. The van der Waals surface area contributed by atoms with Gasteiger partial charge < -0.3 is 14.7 Å². The molecule has 1 heterocycles. The number of amides is 2. The molecule has 0 spiro atoms. The fourth-order valence-electron chi connectivity index (χ4n) is 4.01. The molecule has 1 aliphatic rings. The highest BCUT2D eigenvalue weighted by molar-refractivity contribution is 6.30. The number of nitrogens with zero attached hydrogens (tertiary/aromatic N) is 2. The lowest BCUT2D eigenvalue weighted by Crippen LogP contribution is -2.51. The van der Waals surface area contributed by atoms with Gasteiger partial charge in [0.2, 0.25) is 5.91 Å². The van der Waals surface area contributed by atoms with Crippen molar-refractivity contribution in [2.75, 3.05) is 11.4 Å². The van der Waals surface area contributed by atoms with Crippen LogP contribution in [0.4, 0.5) is 10.5 Å². The summed E-state index contributed by atoms with van der Waals surface area (Å²) in [6.45, 7) is 2.03. The molecule has 1 N–H and O–H groups in total. The third-order valence-electron chi connectivity index (χ3n) is 5.56. The maximum Gasteiger partial charge on any atom is 0.411 e. The summed E-state index contributed by atoms with van der Waals surface area (Å²) >= 11 is 5.96. The van der Waals surface area contributed by atoms with Crippen molar-refractivity contribution in [3.63, 3.8) is 0 Å². The van der Waals surface area contributed by atoms with Crippen LogP contribution in [0.3, 0.4) is 0 Å². The molecule has 0 saturated heterocycles. The van der Waals surface area contributed by atoms with Gasteiger partial charge in [0.25, 0.3) is 0 Å². The topological polar surface area (TPSA) is 70.1 Å². The van der Waals surface area contributed by atoms with Gasteiger partial charge in [-0.05, 0) is 48.4 Å². The van der Waals surface area contributed by atoms with Crippen LogP contribution < -0.4 is 9.64 Å². The van der Waals surface area contributed by atoms with E-state index in [1.807, 2.05) is 42.5 Å². The molecule has 1 unspecified atom stereocenters. The van der Waals surface area contributed by atoms with Gasteiger partial charge in [-0.2, -0.15) is 0 Å². The maximum atomic E-state index is 12.6. The molecule has 0 aliphatic carbocycles. The Morgan fingerprint density at radius 1 is 1.06 bits per heavy atom. The predicted octanol–water partition coefficient (Wildman–Crippen LogP) is 5.59. The third kappa shape index (κ3) is 4.70. The molecule has 0 bridgehead atoms. The number of rotatable bonds is 5. The zero-order valence-corrected chi connectivity index (χ0v) is 18.3. The molecule has 1 atom stereocenters. The van der Waals surface area contributed by atoms with E-state index < -0.39 is 6.09 Å². The zero-order chi connectivity index (χ0) is 22.7. The minimum Gasteiger partial charge on any atom is -0.465 e.